The zero-order valence-electron chi connectivity index (χ0n) is 16.2. The molecule has 0 saturated heterocycles. The van der Waals surface area contributed by atoms with E-state index in [4.69, 9.17) is 9.15 Å². The van der Waals surface area contributed by atoms with Gasteiger partial charge in [0.05, 0.1) is 11.8 Å². The number of aryl methyl sites for hydroxylation is 2. The van der Waals surface area contributed by atoms with Gasteiger partial charge in [-0.1, -0.05) is 0 Å². The van der Waals surface area contributed by atoms with Gasteiger partial charge in [-0.05, 0) is 63.3 Å². The zero-order chi connectivity index (χ0) is 19.6. The van der Waals surface area contributed by atoms with E-state index in [0.717, 1.165) is 46.2 Å². The predicted octanol–water partition coefficient (Wildman–Crippen LogP) is 3.81. The highest BCUT2D eigenvalue weighted by Gasteiger charge is 2.36. The lowest BCUT2D eigenvalue weighted by Crippen LogP contribution is -2.25. The number of nitrogens with zero attached hydrogens (tertiary/aromatic N) is 2. The fourth-order valence-electron chi connectivity index (χ4n) is 4.79. The smallest absolute Gasteiger partial charge is 0.339 e. The van der Waals surface area contributed by atoms with Gasteiger partial charge >= 0.3 is 11.6 Å². The van der Waals surface area contributed by atoms with Crippen LogP contribution in [0.3, 0.4) is 0 Å². The monoisotopic (exact) mass is 378 g/mol. The van der Waals surface area contributed by atoms with Crippen LogP contribution in [-0.4, -0.2) is 15.7 Å². The number of aromatic nitrogens is 2. The molecule has 0 saturated carbocycles. The Balaban J connectivity index is 1.84. The molecule has 1 atom stereocenters. The first-order valence-corrected chi connectivity index (χ1v) is 9.82. The van der Waals surface area contributed by atoms with Crippen LogP contribution < -0.4 is 10.4 Å². The number of carbonyl (C=O) groups is 1. The SMILES string of the molecule is Cc1cc2oc(=O)c3c(c2c2c1C(c1ccnn1C(C)C)CC(=O)O2)CCC3. The molecule has 28 heavy (non-hydrogen) atoms. The van der Waals surface area contributed by atoms with E-state index in [-0.39, 0.29) is 30.0 Å². The molecular formula is C22H22N2O4. The van der Waals surface area contributed by atoms with Crippen LogP contribution >= 0.6 is 0 Å². The minimum Gasteiger partial charge on any atom is -0.425 e. The molecule has 2 aromatic heterocycles. The largest absolute Gasteiger partial charge is 0.425 e. The molecule has 1 aromatic carbocycles. The second-order valence-electron chi connectivity index (χ2n) is 8.03. The molecule has 1 unspecified atom stereocenters. The van der Waals surface area contributed by atoms with Crippen LogP contribution in [0.5, 0.6) is 5.75 Å². The first-order valence-electron chi connectivity index (χ1n) is 9.82. The second-order valence-corrected chi connectivity index (χ2v) is 8.03. The predicted molar refractivity (Wildman–Crippen MR) is 104 cm³/mol. The molecule has 0 bridgehead atoms. The Morgan fingerprint density at radius 3 is 2.79 bits per heavy atom. The van der Waals surface area contributed by atoms with Gasteiger partial charge in [0, 0.05) is 35.0 Å². The molecular weight excluding hydrogens is 356 g/mol. The Morgan fingerprint density at radius 1 is 1.21 bits per heavy atom. The molecule has 0 amide bonds. The third-order valence-corrected chi connectivity index (χ3v) is 5.94. The van der Waals surface area contributed by atoms with Crippen LogP contribution in [0.25, 0.3) is 11.0 Å². The molecule has 6 heteroatoms. The van der Waals surface area contributed by atoms with E-state index in [0.29, 0.717) is 17.8 Å². The molecule has 1 aliphatic carbocycles. The van der Waals surface area contributed by atoms with Crippen LogP contribution in [0.2, 0.25) is 0 Å². The molecule has 0 spiro atoms. The number of hydrogen-bond donors (Lipinski definition) is 0. The Morgan fingerprint density at radius 2 is 2.00 bits per heavy atom. The molecule has 0 radical (unpaired) electrons. The van der Waals surface area contributed by atoms with Crippen molar-refractivity contribution in [1.82, 2.24) is 9.78 Å². The summed E-state index contributed by atoms with van der Waals surface area (Å²) in [6, 6.07) is 4.08. The fourth-order valence-corrected chi connectivity index (χ4v) is 4.79. The maximum Gasteiger partial charge on any atom is 0.339 e. The van der Waals surface area contributed by atoms with Gasteiger partial charge in [0.25, 0.3) is 0 Å². The fraction of sp³-hybridized carbons (Fsp3) is 0.409. The highest BCUT2D eigenvalue weighted by Crippen LogP contribution is 2.47. The van der Waals surface area contributed by atoms with Gasteiger partial charge in [0.15, 0.2) is 0 Å². The van der Waals surface area contributed by atoms with Crippen molar-refractivity contribution in [1.29, 1.82) is 0 Å². The number of carbonyl (C=O) groups excluding carboxylic acids is 1. The average Bonchev–Trinajstić information content (AvgIpc) is 3.30. The third-order valence-electron chi connectivity index (χ3n) is 5.94. The van der Waals surface area contributed by atoms with Crippen molar-refractivity contribution in [2.45, 2.75) is 58.4 Å². The lowest BCUT2D eigenvalue weighted by atomic mass is 9.84. The summed E-state index contributed by atoms with van der Waals surface area (Å²) in [5.74, 6) is 0.169. The number of fused-ring (bicyclic) bond motifs is 5. The quantitative estimate of drug-likeness (QED) is 0.385. The summed E-state index contributed by atoms with van der Waals surface area (Å²) in [4.78, 5) is 24.9. The van der Waals surface area contributed by atoms with Crippen LogP contribution in [0.4, 0.5) is 0 Å². The Kier molecular flexibility index (Phi) is 3.73. The Hall–Kier alpha value is -2.89. The van der Waals surface area contributed by atoms with Crippen LogP contribution in [0, 0.1) is 6.92 Å². The summed E-state index contributed by atoms with van der Waals surface area (Å²) < 4.78 is 13.4. The summed E-state index contributed by atoms with van der Waals surface area (Å²) in [5.41, 5.74) is 4.90. The highest BCUT2D eigenvalue weighted by atomic mass is 16.5. The van der Waals surface area contributed by atoms with Gasteiger partial charge in [-0.2, -0.15) is 5.10 Å². The van der Waals surface area contributed by atoms with Crippen molar-refractivity contribution in [2.75, 3.05) is 0 Å². The first-order chi connectivity index (χ1) is 13.5. The molecule has 1 aliphatic heterocycles. The van der Waals surface area contributed by atoms with E-state index < -0.39 is 0 Å². The normalized spacial score (nSPS) is 18.4. The van der Waals surface area contributed by atoms with Gasteiger partial charge in [-0.25, -0.2) is 4.79 Å². The topological polar surface area (TPSA) is 74.3 Å². The third kappa shape index (κ3) is 2.37. The van der Waals surface area contributed by atoms with Crippen LogP contribution in [-0.2, 0) is 17.6 Å². The molecule has 5 rings (SSSR count). The lowest BCUT2D eigenvalue weighted by Gasteiger charge is -2.29. The summed E-state index contributed by atoms with van der Waals surface area (Å²) in [5, 5.41) is 5.25. The first kappa shape index (κ1) is 17.2. The standard InChI is InChI=1S/C22H22N2O4/c1-11(2)24-16(7-8-23-24)15-10-18(25)28-21-19(15)12(3)9-17-20(21)13-5-4-6-14(13)22(26)27-17/h7-9,11,15H,4-6,10H2,1-3H3. The summed E-state index contributed by atoms with van der Waals surface area (Å²) >= 11 is 0. The molecule has 3 aromatic rings. The van der Waals surface area contributed by atoms with E-state index in [9.17, 15) is 9.59 Å². The Bertz CT molecular complexity index is 1190. The minimum atomic E-state index is -0.268. The lowest BCUT2D eigenvalue weighted by molar-refractivity contribution is -0.135. The number of esters is 1. The van der Waals surface area contributed by atoms with Crippen LogP contribution in [0.15, 0.2) is 27.5 Å². The number of hydrogen-bond acceptors (Lipinski definition) is 5. The van der Waals surface area contributed by atoms with Crippen molar-refractivity contribution in [3.8, 4) is 5.75 Å². The van der Waals surface area contributed by atoms with E-state index >= 15 is 0 Å². The number of benzene rings is 1. The highest BCUT2D eigenvalue weighted by molar-refractivity contribution is 5.94. The van der Waals surface area contributed by atoms with Gasteiger partial charge in [0.2, 0.25) is 0 Å². The van der Waals surface area contributed by atoms with E-state index in [1.165, 1.54) is 0 Å². The van der Waals surface area contributed by atoms with Crippen molar-refractivity contribution in [2.24, 2.45) is 0 Å². The van der Waals surface area contributed by atoms with Gasteiger partial charge in [0.1, 0.15) is 11.3 Å². The summed E-state index contributed by atoms with van der Waals surface area (Å²) in [6.07, 6.45) is 4.49. The van der Waals surface area contributed by atoms with Crippen LogP contribution in [0.1, 0.15) is 66.6 Å². The molecule has 144 valence electrons. The Labute approximate surface area is 162 Å². The molecule has 0 fully saturated rings. The van der Waals surface area contributed by atoms with E-state index in [1.807, 2.05) is 23.7 Å². The maximum absolute atomic E-state index is 12.6. The van der Waals surface area contributed by atoms with Gasteiger partial charge in [-0.3, -0.25) is 9.48 Å². The van der Waals surface area contributed by atoms with Crippen molar-refractivity contribution >= 4 is 16.9 Å². The van der Waals surface area contributed by atoms with E-state index in [2.05, 4.69) is 18.9 Å². The second kappa shape index (κ2) is 6.06. The zero-order valence-corrected chi connectivity index (χ0v) is 16.2. The minimum absolute atomic E-state index is 0.130. The summed E-state index contributed by atoms with van der Waals surface area (Å²) in [6.45, 7) is 6.13. The average molecular weight is 378 g/mol. The molecule has 0 N–H and O–H groups in total. The maximum atomic E-state index is 12.6. The number of ether oxygens (including phenoxy) is 1. The van der Waals surface area contributed by atoms with Gasteiger partial charge < -0.3 is 9.15 Å². The van der Waals surface area contributed by atoms with Crippen molar-refractivity contribution < 1.29 is 13.9 Å². The molecule has 3 heterocycles. The van der Waals surface area contributed by atoms with E-state index in [1.54, 1.807) is 6.20 Å². The van der Waals surface area contributed by atoms with Crippen molar-refractivity contribution in [3.63, 3.8) is 0 Å². The van der Waals surface area contributed by atoms with Crippen molar-refractivity contribution in [3.05, 3.63) is 56.7 Å². The number of rotatable bonds is 2. The summed E-state index contributed by atoms with van der Waals surface area (Å²) in [7, 11) is 0. The molecule has 2 aliphatic rings. The molecule has 6 nitrogen and oxygen atoms in total. The van der Waals surface area contributed by atoms with Gasteiger partial charge in [-0.15, -0.1) is 0 Å².